The van der Waals surface area contributed by atoms with E-state index in [2.05, 4.69) is 5.10 Å². The third kappa shape index (κ3) is 2.68. The highest BCUT2D eigenvalue weighted by atomic mass is 35.5. The minimum atomic E-state index is -0.568. The van der Waals surface area contributed by atoms with E-state index in [0.29, 0.717) is 5.69 Å². The van der Waals surface area contributed by atoms with Crippen LogP contribution in [0.4, 0.5) is 10.2 Å². The number of nitrogens with two attached hydrogens (primary N) is 1. The van der Waals surface area contributed by atoms with E-state index in [9.17, 15) is 9.18 Å². The van der Waals surface area contributed by atoms with Gasteiger partial charge in [-0.3, -0.25) is 0 Å². The van der Waals surface area contributed by atoms with Crippen molar-refractivity contribution < 1.29 is 13.9 Å². The molecule has 7 heteroatoms. The quantitative estimate of drug-likeness (QED) is 0.878. The lowest BCUT2D eigenvalue weighted by Gasteiger charge is -2.04. The van der Waals surface area contributed by atoms with E-state index in [-0.39, 0.29) is 23.1 Å². The molecule has 0 bridgehead atoms. The van der Waals surface area contributed by atoms with Crippen molar-refractivity contribution in [1.29, 1.82) is 0 Å². The molecule has 0 saturated heterocycles. The molecule has 0 fully saturated rings. The van der Waals surface area contributed by atoms with E-state index in [1.165, 1.54) is 28.9 Å². The molecule has 0 saturated carbocycles. The van der Waals surface area contributed by atoms with Gasteiger partial charge in [0, 0.05) is 6.07 Å². The Labute approximate surface area is 113 Å². The van der Waals surface area contributed by atoms with E-state index in [1.54, 1.807) is 6.92 Å². The van der Waals surface area contributed by atoms with Crippen molar-refractivity contribution in [1.82, 2.24) is 9.78 Å². The van der Waals surface area contributed by atoms with E-state index >= 15 is 0 Å². The summed E-state index contributed by atoms with van der Waals surface area (Å²) in [4.78, 5) is 11.5. The second-order valence-corrected chi connectivity index (χ2v) is 4.09. The van der Waals surface area contributed by atoms with Crippen LogP contribution in [0.25, 0.3) is 5.69 Å². The van der Waals surface area contributed by atoms with Crippen molar-refractivity contribution in [3.8, 4) is 5.69 Å². The van der Waals surface area contributed by atoms with Crippen molar-refractivity contribution >= 4 is 23.4 Å². The van der Waals surface area contributed by atoms with Gasteiger partial charge in [-0.25, -0.2) is 13.9 Å². The van der Waals surface area contributed by atoms with Crippen molar-refractivity contribution in [2.24, 2.45) is 0 Å². The van der Waals surface area contributed by atoms with Crippen molar-refractivity contribution in [2.45, 2.75) is 6.92 Å². The van der Waals surface area contributed by atoms with Crippen LogP contribution >= 0.6 is 11.6 Å². The van der Waals surface area contributed by atoms with Crippen LogP contribution in [0.5, 0.6) is 0 Å². The van der Waals surface area contributed by atoms with Crippen LogP contribution in [0, 0.1) is 5.82 Å². The Bertz CT molecular complexity index is 627. The number of rotatable bonds is 3. The molecule has 0 atom stereocenters. The van der Waals surface area contributed by atoms with Crippen LogP contribution in [0.15, 0.2) is 24.3 Å². The molecule has 0 radical (unpaired) electrons. The van der Waals surface area contributed by atoms with Crippen LogP contribution in [-0.4, -0.2) is 22.4 Å². The predicted molar refractivity (Wildman–Crippen MR) is 68.9 cm³/mol. The van der Waals surface area contributed by atoms with Gasteiger partial charge in [0.25, 0.3) is 0 Å². The average Bonchev–Trinajstić information content (AvgIpc) is 2.75. The number of carbonyl (C=O) groups is 1. The topological polar surface area (TPSA) is 70.1 Å². The molecule has 0 spiro atoms. The minimum absolute atomic E-state index is 0.0508. The van der Waals surface area contributed by atoms with Crippen LogP contribution in [0.1, 0.15) is 17.4 Å². The maximum Gasteiger partial charge on any atom is 0.358 e. The number of hydrogen-bond acceptors (Lipinski definition) is 4. The SMILES string of the molecule is CCOC(=O)c1cc(N)n(-c2ccc(F)c(Cl)c2)n1. The van der Waals surface area contributed by atoms with Gasteiger partial charge >= 0.3 is 5.97 Å². The molecule has 0 amide bonds. The van der Waals surface area contributed by atoms with Gasteiger partial charge in [0.1, 0.15) is 11.6 Å². The van der Waals surface area contributed by atoms with Gasteiger partial charge in [0.05, 0.1) is 17.3 Å². The second kappa shape index (κ2) is 5.27. The van der Waals surface area contributed by atoms with Crippen LogP contribution in [0.2, 0.25) is 5.02 Å². The molecule has 1 aromatic heterocycles. The number of hydrogen-bond donors (Lipinski definition) is 1. The minimum Gasteiger partial charge on any atom is -0.461 e. The molecule has 19 heavy (non-hydrogen) atoms. The number of nitrogens with zero attached hydrogens (tertiary/aromatic N) is 2. The molecule has 0 aliphatic heterocycles. The number of anilines is 1. The number of ether oxygens (including phenoxy) is 1. The van der Waals surface area contributed by atoms with Crippen LogP contribution < -0.4 is 5.73 Å². The van der Waals surface area contributed by atoms with Crippen LogP contribution in [0.3, 0.4) is 0 Å². The number of carbonyl (C=O) groups excluding carboxylic acids is 1. The van der Waals surface area contributed by atoms with E-state index in [1.807, 2.05) is 0 Å². The van der Waals surface area contributed by atoms with E-state index in [4.69, 9.17) is 22.1 Å². The Morgan fingerprint density at radius 3 is 2.89 bits per heavy atom. The summed E-state index contributed by atoms with van der Waals surface area (Å²) in [7, 11) is 0. The lowest BCUT2D eigenvalue weighted by atomic mass is 10.3. The zero-order chi connectivity index (χ0) is 14.0. The van der Waals surface area contributed by atoms with Crippen molar-refractivity contribution in [2.75, 3.05) is 12.3 Å². The summed E-state index contributed by atoms with van der Waals surface area (Å²) in [6.07, 6.45) is 0. The summed E-state index contributed by atoms with van der Waals surface area (Å²) < 4.78 is 19.2. The standard InChI is InChI=1S/C12H11ClFN3O2/c1-2-19-12(18)10-6-11(15)17(16-10)7-3-4-9(14)8(13)5-7/h3-6H,2,15H2,1H3. The lowest BCUT2D eigenvalue weighted by Crippen LogP contribution is -2.07. The van der Waals surface area contributed by atoms with Crippen molar-refractivity contribution in [3.05, 3.63) is 40.8 Å². The van der Waals surface area contributed by atoms with Gasteiger partial charge < -0.3 is 10.5 Å². The average molecular weight is 284 g/mol. The summed E-state index contributed by atoms with van der Waals surface area (Å²) in [6, 6.07) is 5.41. The lowest BCUT2D eigenvalue weighted by molar-refractivity contribution is 0.0519. The summed E-state index contributed by atoms with van der Waals surface area (Å²) in [5.41, 5.74) is 6.29. The third-order valence-electron chi connectivity index (χ3n) is 2.37. The fraction of sp³-hybridized carbons (Fsp3) is 0.167. The number of nitrogen functional groups attached to an aromatic ring is 1. The van der Waals surface area contributed by atoms with Crippen molar-refractivity contribution in [3.63, 3.8) is 0 Å². The molecular formula is C12H11ClFN3O2. The largest absolute Gasteiger partial charge is 0.461 e. The zero-order valence-corrected chi connectivity index (χ0v) is 10.8. The Hall–Kier alpha value is -2.08. The van der Waals surface area contributed by atoms with Gasteiger partial charge in [-0.2, -0.15) is 5.10 Å². The molecular weight excluding hydrogens is 273 g/mol. The molecule has 0 aliphatic carbocycles. The van der Waals surface area contributed by atoms with E-state index < -0.39 is 11.8 Å². The monoisotopic (exact) mass is 283 g/mol. The maximum absolute atomic E-state index is 13.1. The Morgan fingerprint density at radius 2 is 2.26 bits per heavy atom. The number of halogens is 2. The summed E-state index contributed by atoms with van der Waals surface area (Å²) >= 11 is 5.69. The van der Waals surface area contributed by atoms with E-state index in [0.717, 1.165) is 0 Å². The third-order valence-corrected chi connectivity index (χ3v) is 2.66. The Morgan fingerprint density at radius 1 is 1.53 bits per heavy atom. The fourth-order valence-corrected chi connectivity index (χ4v) is 1.70. The summed E-state index contributed by atoms with van der Waals surface area (Å²) in [5, 5.41) is 3.95. The molecule has 5 nitrogen and oxygen atoms in total. The molecule has 2 N–H and O–H groups in total. The maximum atomic E-state index is 13.1. The van der Waals surface area contributed by atoms with Gasteiger partial charge in [-0.1, -0.05) is 11.6 Å². The van der Waals surface area contributed by atoms with Gasteiger partial charge in [-0.15, -0.1) is 0 Å². The first-order valence-electron chi connectivity index (χ1n) is 5.51. The molecule has 100 valence electrons. The highest BCUT2D eigenvalue weighted by Gasteiger charge is 2.15. The highest BCUT2D eigenvalue weighted by molar-refractivity contribution is 6.30. The van der Waals surface area contributed by atoms with Gasteiger partial charge in [0.2, 0.25) is 0 Å². The molecule has 0 aliphatic rings. The molecule has 1 heterocycles. The van der Waals surface area contributed by atoms with Gasteiger partial charge in [-0.05, 0) is 25.1 Å². The number of esters is 1. The number of benzene rings is 1. The second-order valence-electron chi connectivity index (χ2n) is 3.69. The molecule has 1 aromatic carbocycles. The first-order valence-corrected chi connectivity index (χ1v) is 5.88. The number of aromatic nitrogens is 2. The molecule has 0 unspecified atom stereocenters. The zero-order valence-electron chi connectivity index (χ0n) is 10.1. The Balaban J connectivity index is 2.40. The summed E-state index contributed by atoms with van der Waals surface area (Å²) in [6.45, 7) is 1.94. The first-order chi connectivity index (χ1) is 9.02. The van der Waals surface area contributed by atoms with Crippen LogP contribution in [-0.2, 0) is 4.74 Å². The first kappa shape index (κ1) is 13.4. The predicted octanol–water partition coefficient (Wildman–Crippen LogP) is 2.42. The molecule has 2 rings (SSSR count). The fourth-order valence-electron chi connectivity index (χ4n) is 1.52. The van der Waals surface area contributed by atoms with Gasteiger partial charge in [0.15, 0.2) is 5.69 Å². The normalized spacial score (nSPS) is 10.5. The smallest absolute Gasteiger partial charge is 0.358 e. The Kier molecular flexibility index (Phi) is 3.71. The summed E-state index contributed by atoms with van der Waals surface area (Å²) in [5.74, 6) is -0.881. The highest BCUT2D eigenvalue weighted by Crippen LogP contribution is 2.21. The molecule has 2 aromatic rings.